The molecule has 0 aliphatic carbocycles. The van der Waals surface area contributed by atoms with Crippen molar-refractivity contribution in [2.75, 3.05) is 0 Å². The van der Waals surface area contributed by atoms with Crippen LogP contribution in [0.25, 0.3) is 11.0 Å². The molecule has 1 amide bonds. The number of nitrogens with one attached hydrogen (secondary N) is 1. The number of fused-ring (bicyclic) bond motifs is 1. The Hall–Kier alpha value is -2.74. The summed E-state index contributed by atoms with van der Waals surface area (Å²) in [5.74, 6) is -2.21. The third-order valence-corrected chi connectivity index (χ3v) is 3.74. The van der Waals surface area contributed by atoms with Gasteiger partial charge in [-0.1, -0.05) is 12.1 Å². The van der Waals surface area contributed by atoms with Gasteiger partial charge in [0, 0.05) is 10.8 Å². The third kappa shape index (κ3) is 2.68. The highest BCUT2D eigenvalue weighted by atomic mass is 32.1. The zero-order valence-corrected chi connectivity index (χ0v) is 11.8. The molecule has 3 aromatic rings. The van der Waals surface area contributed by atoms with E-state index in [9.17, 15) is 14.0 Å². The van der Waals surface area contributed by atoms with Crippen molar-refractivity contribution in [1.29, 1.82) is 0 Å². The summed E-state index contributed by atoms with van der Waals surface area (Å²) in [4.78, 5) is 26.5. The Morgan fingerprint density at radius 2 is 2.23 bits per heavy atom. The van der Waals surface area contributed by atoms with Gasteiger partial charge in [-0.2, -0.15) is 0 Å². The molecule has 0 unspecified atom stereocenters. The smallest absolute Gasteiger partial charge is 0.355 e. The number of aromatic carboxylic acids is 1. The maximum atomic E-state index is 13.5. The van der Waals surface area contributed by atoms with Crippen LogP contribution in [0.5, 0.6) is 0 Å². The molecule has 6 nitrogen and oxygen atoms in total. The van der Waals surface area contributed by atoms with Gasteiger partial charge in [0.1, 0.15) is 5.01 Å². The molecule has 2 N–H and O–H groups in total. The van der Waals surface area contributed by atoms with E-state index < -0.39 is 17.7 Å². The van der Waals surface area contributed by atoms with Crippen LogP contribution < -0.4 is 5.32 Å². The van der Waals surface area contributed by atoms with Gasteiger partial charge in [0.2, 0.25) is 0 Å². The number of rotatable bonds is 4. The second-order valence-corrected chi connectivity index (χ2v) is 5.33. The Kier molecular flexibility index (Phi) is 3.60. The number of carboxylic acids is 1. The predicted molar refractivity (Wildman–Crippen MR) is 76.4 cm³/mol. The second kappa shape index (κ2) is 5.57. The van der Waals surface area contributed by atoms with Crippen LogP contribution in [0.15, 0.2) is 34.1 Å². The van der Waals surface area contributed by atoms with Gasteiger partial charge in [0.25, 0.3) is 5.91 Å². The minimum absolute atomic E-state index is 0.0184. The number of amides is 1. The fourth-order valence-electron chi connectivity index (χ4n) is 1.87. The predicted octanol–water partition coefficient (Wildman–Crippen LogP) is 2.66. The van der Waals surface area contributed by atoms with Crippen molar-refractivity contribution in [3.63, 3.8) is 0 Å². The highest BCUT2D eigenvalue weighted by molar-refractivity contribution is 7.09. The minimum Gasteiger partial charge on any atom is -0.476 e. The molecule has 22 heavy (non-hydrogen) atoms. The molecule has 0 saturated carbocycles. The molecule has 0 fully saturated rings. The fourth-order valence-corrected chi connectivity index (χ4v) is 2.58. The standard InChI is InChI=1S/C14H9FN2O4S/c15-8-3-1-2-7-4-10(21-12(7)8)13(18)16-5-11-17-9(6-22-11)14(19)20/h1-4,6H,5H2,(H,16,18)(H,19,20). The number of para-hydroxylation sites is 1. The summed E-state index contributed by atoms with van der Waals surface area (Å²) in [6.45, 7) is 0.0658. The molecule has 0 atom stereocenters. The number of hydrogen-bond donors (Lipinski definition) is 2. The molecular weight excluding hydrogens is 311 g/mol. The number of carbonyl (C=O) groups is 2. The van der Waals surface area contributed by atoms with Crippen LogP contribution in [0.1, 0.15) is 26.1 Å². The lowest BCUT2D eigenvalue weighted by Crippen LogP contribution is -2.22. The van der Waals surface area contributed by atoms with Crippen LogP contribution in [0.4, 0.5) is 4.39 Å². The molecule has 1 aromatic carbocycles. The van der Waals surface area contributed by atoms with Gasteiger partial charge in [-0.25, -0.2) is 14.2 Å². The normalized spacial score (nSPS) is 10.8. The molecule has 2 heterocycles. The Morgan fingerprint density at radius 3 is 2.91 bits per heavy atom. The van der Waals surface area contributed by atoms with Gasteiger partial charge in [0.15, 0.2) is 22.9 Å². The second-order valence-electron chi connectivity index (χ2n) is 4.38. The summed E-state index contributed by atoms with van der Waals surface area (Å²) in [5.41, 5.74) is -0.0462. The number of hydrogen-bond acceptors (Lipinski definition) is 5. The number of carboxylic acid groups (broad SMARTS) is 1. The first-order valence-corrected chi connectivity index (χ1v) is 7.06. The van der Waals surface area contributed by atoms with Gasteiger partial charge in [-0.05, 0) is 12.1 Å². The fraction of sp³-hybridized carbons (Fsp3) is 0.0714. The third-order valence-electron chi connectivity index (χ3n) is 2.89. The lowest BCUT2D eigenvalue weighted by Gasteiger charge is -1.99. The van der Waals surface area contributed by atoms with E-state index in [1.807, 2.05) is 0 Å². The molecule has 2 aromatic heterocycles. The number of furan rings is 1. The van der Waals surface area contributed by atoms with Gasteiger partial charge in [-0.15, -0.1) is 11.3 Å². The van der Waals surface area contributed by atoms with Gasteiger partial charge >= 0.3 is 5.97 Å². The lowest BCUT2D eigenvalue weighted by atomic mass is 10.2. The van der Waals surface area contributed by atoms with Crippen LogP contribution in [0, 0.1) is 5.82 Å². The van der Waals surface area contributed by atoms with Crippen LogP contribution >= 0.6 is 11.3 Å². The highest BCUT2D eigenvalue weighted by Crippen LogP contribution is 2.22. The Balaban J connectivity index is 1.72. The first kappa shape index (κ1) is 14.2. The average molecular weight is 320 g/mol. The monoisotopic (exact) mass is 320 g/mol. The lowest BCUT2D eigenvalue weighted by molar-refractivity contribution is 0.0691. The largest absolute Gasteiger partial charge is 0.476 e. The zero-order chi connectivity index (χ0) is 15.7. The molecule has 0 spiro atoms. The van der Waals surface area contributed by atoms with E-state index in [1.165, 1.54) is 23.6 Å². The molecule has 3 rings (SSSR count). The topological polar surface area (TPSA) is 92.4 Å². The summed E-state index contributed by atoms with van der Waals surface area (Å²) >= 11 is 1.13. The molecule has 8 heteroatoms. The average Bonchev–Trinajstić information content (AvgIpc) is 3.12. The summed E-state index contributed by atoms with van der Waals surface area (Å²) in [6.07, 6.45) is 0. The Morgan fingerprint density at radius 1 is 1.41 bits per heavy atom. The van der Waals surface area contributed by atoms with Crippen LogP contribution in [-0.2, 0) is 6.54 Å². The summed E-state index contributed by atoms with van der Waals surface area (Å²) in [7, 11) is 0. The summed E-state index contributed by atoms with van der Waals surface area (Å²) in [6, 6.07) is 5.85. The van der Waals surface area contributed by atoms with Gasteiger partial charge in [0.05, 0.1) is 6.54 Å². The maximum Gasteiger partial charge on any atom is 0.355 e. The van der Waals surface area contributed by atoms with Crippen molar-refractivity contribution in [3.05, 3.63) is 51.9 Å². The SMILES string of the molecule is O=C(O)c1csc(CNC(=O)c2cc3cccc(F)c3o2)n1. The van der Waals surface area contributed by atoms with Crippen LogP contribution in [0.3, 0.4) is 0 Å². The van der Waals surface area contributed by atoms with Gasteiger partial charge in [-0.3, -0.25) is 4.79 Å². The maximum absolute atomic E-state index is 13.5. The molecule has 0 radical (unpaired) electrons. The number of carbonyl (C=O) groups excluding carboxylic acids is 1. The van der Waals surface area contributed by atoms with Crippen molar-refractivity contribution in [2.24, 2.45) is 0 Å². The van der Waals surface area contributed by atoms with Crippen LogP contribution in [-0.4, -0.2) is 22.0 Å². The number of nitrogens with zero attached hydrogens (tertiary/aromatic N) is 1. The van der Waals surface area contributed by atoms with Gasteiger partial charge < -0.3 is 14.8 Å². The van der Waals surface area contributed by atoms with Crippen molar-refractivity contribution in [2.45, 2.75) is 6.54 Å². The molecule has 112 valence electrons. The highest BCUT2D eigenvalue weighted by Gasteiger charge is 2.15. The van der Waals surface area contributed by atoms with E-state index in [2.05, 4.69) is 10.3 Å². The molecular formula is C14H9FN2O4S. The van der Waals surface area contributed by atoms with E-state index in [4.69, 9.17) is 9.52 Å². The Bertz CT molecular complexity index is 871. The van der Waals surface area contributed by atoms with Crippen molar-refractivity contribution >= 4 is 34.2 Å². The van der Waals surface area contributed by atoms with Crippen molar-refractivity contribution in [3.8, 4) is 0 Å². The zero-order valence-electron chi connectivity index (χ0n) is 11.0. The van der Waals surface area contributed by atoms with E-state index in [0.717, 1.165) is 11.3 Å². The van der Waals surface area contributed by atoms with E-state index >= 15 is 0 Å². The Labute approximate surface area is 127 Å². The molecule has 0 saturated heterocycles. The number of aromatic nitrogens is 1. The minimum atomic E-state index is -1.12. The summed E-state index contributed by atoms with van der Waals surface area (Å²) in [5, 5.41) is 13.6. The number of benzene rings is 1. The van der Waals surface area contributed by atoms with Crippen molar-refractivity contribution < 1.29 is 23.5 Å². The number of thiazole rings is 1. The quantitative estimate of drug-likeness (QED) is 0.771. The van der Waals surface area contributed by atoms with E-state index in [0.29, 0.717) is 10.4 Å². The summed E-state index contributed by atoms with van der Waals surface area (Å²) < 4.78 is 18.7. The van der Waals surface area contributed by atoms with Crippen LogP contribution in [0.2, 0.25) is 0 Å². The van der Waals surface area contributed by atoms with Crippen molar-refractivity contribution in [1.82, 2.24) is 10.3 Å². The van der Waals surface area contributed by atoms with E-state index in [1.54, 1.807) is 6.07 Å². The molecule has 0 aliphatic rings. The first-order chi connectivity index (χ1) is 10.5. The van der Waals surface area contributed by atoms with E-state index in [-0.39, 0.29) is 23.6 Å². The molecule has 0 bridgehead atoms. The molecule has 0 aliphatic heterocycles. The number of halogens is 1. The first-order valence-electron chi connectivity index (χ1n) is 6.18.